The summed E-state index contributed by atoms with van der Waals surface area (Å²) in [5.41, 5.74) is 0.402. The normalized spacial score (nSPS) is 31.4. The second kappa shape index (κ2) is 3.09. The minimum atomic E-state index is -0.718. The van der Waals surface area contributed by atoms with Crippen LogP contribution in [-0.2, 0) is 4.79 Å². The van der Waals surface area contributed by atoms with Crippen molar-refractivity contribution in [1.82, 2.24) is 5.32 Å². The molecule has 3 heteroatoms. The number of aliphatic carboxylic acids is 1. The van der Waals surface area contributed by atoms with Crippen LogP contribution in [0.4, 0.5) is 0 Å². The number of carboxylic acid groups (broad SMARTS) is 1. The average molecular weight is 195 g/mol. The van der Waals surface area contributed by atoms with Gasteiger partial charge in [-0.05, 0) is 33.1 Å². The van der Waals surface area contributed by atoms with Gasteiger partial charge in [-0.3, -0.25) is 4.79 Å². The molecule has 14 heavy (non-hydrogen) atoms. The molecule has 2 aliphatic rings. The molecule has 2 unspecified atom stereocenters. The molecule has 0 aliphatic carbocycles. The van der Waals surface area contributed by atoms with Gasteiger partial charge in [-0.2, -0.15) is 0 Å². The Bertz CT molecular complexity index is 294. The summed E-state index contributed by atoms with van der Waals surface area (Å²) in [7, 11) is 0. The summed E-state index contributed by atoms with van der Waals surface area (Å²) in [5.74, 6) is -0.718. The van der Waals surface area contributed by atoms with Crippen LogP contribution in [0.2, 0.25) is 0 Å². The summed E-state index contributed by atoms with van der Waals surface area (Å²) in [6.07, 6.45) is 5.36. The molecule has 1 fully saturated rings. The van der Waals surface area contributed by atoms with Crippen LogP contribution in [0.25, 0.3) is 0 Å². The first-order chi connectivity index (χ1) is 6.50. The van der Waals surface area contributed by atoms with Crippen molar-refractivity contribution in [2.24, 2.45) is 5.41 Å². The zero-order chi connectivity index (χ0) is 10.3. The summed E-state index contributed by atoms with van der Waals surface area (Å²) in [5, 5.41) is 12.6. The summed E-state index contributed by atoms with van der Waals surface area (Å²) in [6, 6.07) is 0.931. The van der Waals surface area contributed by atoms with Gasteiger partial charge >= 0.3 is 5.97 Å². The van der Waals surface area contributed by atoms with E-state index in [0.29, 0.717) is 12.1 Å². The fourth-order valence-corrected chi connectivity index (χ4v) is 2.32. The Labute approximate surface area is 84.2 Å². The second-order valence-corrected chi connectivity index (χ2v) is 4.87. The lowest BCUT2D eigenvalue weighted by Gasteiger charge is -2.30. The van der Waals surface area contributed by atoms with E-state index in [1.807, 2.05) is 0 Å². The Kier molecular flexibility index (Phi) is 2.14. The van der Waals surface area contributed by atoms with Crippen LogP contribution < -0.4 is 5.32 Å². The smallest absolute Gasteiger partial charge is 0.313 e. The van der Waals surface area contributed by atoms with Crippen molar-refractivity contribution in [1.29, 1.82) is 0 Å². The molecule has 0 spiro atoms. The van der Waals surface area contributed by atoms with Gasteiger partial charge in [0.05, 0.1) is 5.41 Å². The Morgan fingerprint density at radius 2 is 2.29 bits per heavy atom. The number of hydrogen-bond acceptors (Lipinski definition) is 2. The predicted octanol–water partition coefficient (Wildman–Crippen LogP) is 1.55. The molecular formula is C11H17NO2. The lowest BCUT2D eigenvalue weighted by atomic mass is 9.79. The second-order valence-electron chi connectivity index (χ2n) is 4.87. The van der Waals surface area contributed by atoms with Gasteiger partial charge in [-0.25, -0.2) is 0 Å². The van der Waals surface area contributed by atoms with Crippen molar-refractivity contribution in [2.75, 3.05) is 0 Å². The highest BCUT2D eigenvalue weighted by molar-refractivity contribution is 5.77. The average Bonchev–Trinajstić information content (AvgIpc) is 2.45. The maximum atomic E-state index is 11.1. The van der Waals surface area contributed by atoms with E-state index >= 15 is 0 Å². The van der Waals surface area contributed by atoms with Crippen LogP contribution in [0.3, 0.4) is 0 Å². The SMILES string of the molecule is CC(C)(C(=O)O)C1=CC2CCC(C1)N2. The monoisotopic (exact) mass is 195 g/mol. The van der Waals surface area contributed by atoms with Gasteiger partial charge in [-0.15, -0.1) is 0 Å². The van der Waals surface area contributed by atoms with E-state index in [1.54, 1.807) is 13.8 Å². The molecule has 2 atom stereocenters. The zero-order valence-corrected chi connectivity index (χ0v) is 8.71. The molecule has 0 radical (unpaired) electrons. The fourth-order valence-electron chi connectivity index (χ4n) is 2.32. The molecule has 0 saturated carbocycles. The highest BCUT2D eigenvalue weighted by Gasteiger charge is 2.38. The maximum Gasteiger partial charge on any atom is 0.313 e. The van der Waals surface area contributed by atoms with Crippen molar-refractivity contribution in [3.8, 4) is 0 Å². The fraction of sp³-hybridized carbons (Fsp3) is 0.727. The lowest BCUT2D eigenvalue weighted by molar-refractivity contribution is -0.144. The van der Waals surface area contributed by atoms with Gasteiger partial charge < -0.3 is 10.4 Å². The molecule has 0 amide bonds. The number of carbonyl (C=O) groups is 1. The van der Waals surface area contributed by atoms with Gasteiger partial charge in [0.2, 0.25) is 0 Å². The third-order valence-corrected chi connectivity index (χ3v) is 3.48. The van der Waals surface area contributed by atoms with Crippen molar-refractivity contribution in [3.05, 3.63) is 11.6 Å². The van der Waals surface area contributed by atoms with Gasteiger partial charge in [-0.1, -0.05) is 11.6 Å². The Hall–Kier alpha value is -0.830. The van der Waals surface area contributed by atoms with E-state index in [1.165, 1.54) is 6.42 Å². The summed E-state index contributed by atoms with van der Waals surface area (Å²) < 4.78 is 0. The van der Waals surface area contributed by atoms with E-state index in [4.69, 9.17) is 5.11 Å². The third-order valence-electron chi connectivity index (χ3n) is 3.48. The van der Waals surface area contributed by atoms with Crippen LogP contribution in [0, 0.1) is 5.41 Å². The molecular weight excluding hydrogens is 178 g/mol. The van der Waals surface area contributed by atoms with Crippen molar-refractivity contribution >= 4 is 5.97 Å². The molecule has 0 aromatic carbocycles. The van der Waals surface area contributed by atoms with Crippen LogP contribution >= 0.6 is 0 Å². The van der Waals surface area contributed by atoms with Gasteiger partial charge in [0, 0.05) is 12.1 Å². The number of hydrogen-bond donors (Lipinski definition) is 2. The largest absolute Gasteiger partial charge is 0.481 e. The van der Waals surface area contributed by atoms with Gasteiger partial charge in [0.1, 0.15) is 0 Å². The number of rotatable bonds is 2. The maximum absolute atomic E-state index is 11.1. The number of carboxylic acids is 1. The summed E-state index contributed by atoms with van der Waals surface area (Å²) >= 11 is 0. The van der Waals surface area contributed by atoms with Crippen LogP contribution in [0.1, 0.15) is 33.1 Å². The lowest BCUT2D eigenvalue weighted by Crippen LogP contribution is -2.38. The van der Waals surface area contributed by atoms with Crippen molar-refractivity contribution in [3.63, 3.8) is 0 Å². The van der Waals surface area contributed by atoms with E-state index in [0.717, 1.165) is 18.4 Å². The number of nitrogens with one attached hydrogen (secondary N) is 1. The highest BCUT2D eigenvalue weighted by Crippen LogP contribution is 2.36. The molecule has 2 aliphatic heterocycles. The van der Waals surface area contributed by atoms with Crippen molar-refractivity contribution < 1.29 is 9.90 Å². The molecule has 0 aromatic rings. The molecule has 2 rings (SSSR count). The van der Waals surface area contributed by atoms with E-state index in [9.17, 15) is 4.79 Å². The van der Waals surface area contributed by atoms with E-state index in [-0.39, 0.29) is 0 Å². The third kappa shape index (κ3) is 1.46. The molecule has 2 bridgehead atoms. The first-order valence-corrected chi connectivity index (χ1v) is 5.21. The van der Waals surface area contributed by atoms with Crippen LogP contribution in [-0.4, -0.2) is 23.2 Å². The minimum absolute atomic E-state index is 0.419. The molecule has 2 heterocycles. The first kappa shape index (κ1) is 9.71. The minimum Gasteiger partial charge on any atom is -0.481 e. The first-order valence-electron chi connectivity index (χ1n) is 5.21. The zero-order valence-electron chi connectivity index (χ0n) is 8.71. The summed E-state index contributed by atoms with van der Waals surface area (Å²) in [6.45, 7) is 3.60. The van der Waals surface area contributed by atoms with Gasteiger partial charge in [0.25, 0.3) is 0 Å². The number of fused-ring (bicyclic) bond motifs is 2. The summed E-state index contributed by atoms with van der Waals surface area (Å²) in [4.78, 5) is 11.1. The highest BCUT2D eigenvalue weighted by atomic mass is 16.4. The van der Waals surface area contributed by atoms with Crippen molar-refractivity contribution in [2.45, 2.75) is 45.2 Å². The van der Waals surface area contributed by atoms with Crippen LogP contribution in [0.15, 0.2) is 11.6 Å². The predicted molar refractivity (Wildman–Crippen MR) is 54.1 cm³/mol. The van der Waals surface area contributed by atoms with E-state index < -0.39 is 11.4 Å². The molecule has 0 aromatic heterocycles. The molecule has 2 N–H and O–H groups in total. The Balaban J connectivity index is 2.23. The van der Waals surface area contributed by atoms with Crippen LogP contribution in [0.5, 0.6) is 0 Å². The van der Waals surface area contributed by atoms with E-state index in [2.05, 4.69) is 11.4 Å². The molecule has 3 nitrogen and oxygen atoms in total. The topological polar surface area (TPSA) is 49.3 Å². The molecule has 1 saturated heterocycles. The Morgan fingerprint density at radius 3 is 2.86 bits per heavy atom. The van der Waals surface area contributed by atoms with Gasteiger partial charge in [0.15, 0.2) is 0 Å². The Morgan fingerprint density at radius 1 is 1.57 bits per heavy atom. The quantitative estimate of drug-likeness (QED) is 0.657. The standard InChI is InChI=1S/C11H17NO2/c1-11(2,10(13)14)7-5-8-3-4-9(6-7)12-8/h5,8-9,12H,3-4,6H2,1-2H3,(H,13,14). The molecule has 78 valence electrons.